The standard InChI is InChI=1S/C16H22N4O2S/c1-22-11-16(21)17-5-2-14-9-19(8-13-4-7-23-12-13)10-15-3-6-18-20(14)15/h3-4,6-7,12,14H,2,5,8-11H2,1H3,(H,17,21)/t14-/m0/s1. The summed E-state index contributed by atoms with van der Waals surface area (Å²) in [6.45, 7) is 3.58. The summed E-state index contributed by atoms with van der Waals surface area (Å²) >= 11 is 1.73. The molecule has 0 spiro atoms. The lowest BCUT2D eigenvalue weighted by molar-refractivity contribution is -0.124. The molecule has 0 saturated heterocycles. The van der Waals surface area contributed by atoms with E-state index in [1.165, 1.54) is 18.4 Å². The number of amides is 1. The first-order valence-electron chi connectivity index (χ1n) is 7.77. The number of nitrogens with zero attached hydrogens (tertiary/aromatic N) is 3. The highest BCUT2D eigenvalue weighted by molar-refractivity contribution is 7.07. The molecular weight excluding hydrogens is 312 g/mol. The van der Waals surface area contributed by atoms with Crippen molar-refractivity contribution in [2.24, 2.45) is 0 Å². The molecule has 0 aliphatic carbocycles. The maximum atomic E-state index is 11.5. The van der Waals surface area contributed by atoms with Crippen molar-refractivity contribution in [3.63, 3.8) is 0 Å². The van der Waals surface area contributed by atoms with E-state index in [-0.39, 0.29) is 18.6 Å². The van der Waals surface area contributed by atoms with Crippen LogP contribution in [-0.4, -0.2) is 47.4 Å². The molecular formula is C16H22N4O2S. The summed E-state index contributed by atoms with van der Waals surface area (Å²) in [5.41, 5.74) is 2.59. The minimum Gasteiger partial charge on any atom is -0.375 e. The fraction of sp³-hybridized carbons (Fsp3) is 0.500. The first-order valence-corrected chi connectivity index (χ1v) is 8.72. The molecule has 0 saturated carbocycles. The summed E-state index contributed by atoms with van der Waals surface area (Å²) in [6.07, 6.45) is 2.73. The summed E-state index contributed by atoms with van der Waals surface area (Å²) in [4.78, 5) is 13.9. The molecule has 124 valence electrons. The van der Waals surface area contributed by atoms with E-state index in [4.69, 9.17) is 4.74 Å². The van der Waals surface area contributed by atoms with Crippen LogP contribution in [-0.2, 0) is 22.6 Å². The quantitative estimate of drug-likeness (QED) is 0.836. The Kier molecular flexibility index (Phi) is 5.43. The second-order valence-corrected chi connectivity index (χ2v) is 6.57. The van der Waals surface area contributed by atoms with Gasteiger partial charge in [-0.05, 0) is 34.9 Å². The van der Waals surface area contributed by atoms with Crippen LogP contribution in [0.3, 0.4) is 0 Å². The Morgan fingerprint density at radius 2 is 2.43 bits per heavy atom. The van der Waals surface area contributed by atoms with Crippen LogP contribution in [0.25, 0.3) is 0 Å². The molecule has 0 bridgehead atoms. The van der Waals surface area contributed by atoms with Gasteiger partial charge in [-0.25, -0.2) is 0 Å². The van der Waals surface area contributed by atoms with Gasteiger partial charge in [-0.15, -0.1) is 0 Å². The SMILES string of the molecule is COCC(=O)NCC[C@H]1CN(Cc2ccsc2)Cc2ccnn21. The van der Waals surface area contributed by atoms with Gasteiger partial charge in [0, 0.05) is 39.5 Å². The molecule has 0 aromatic carbocycles. The van der Waals surface area contributed by atoms with E-state index in [1.54, 1.807) is 11.3 Å². The maximum Gasteiger partial charge on any atom is 0.245 e. The minimum atomic E-state index is -0.0703. The third-order valence-electron chi connectivity index (χ3n) is 4.01. The number of rotatable bonds is 7. The lowest BCUT2D eigenvalue weighted by Gasteiger charge is -2.33. The predicted octanol–water partition coefficient (Wildman–Crippen LogP) is 1.65. The molecule has 0 unspecified atom stereocenters. The van der Waals surface area contributed by atoms with Gasteiger partial charge in [-0.3, -0.25) is 14.4 Å². The molecule has 3 heterocycles. The summed E-state index contributed by atoms with van der Waals surface area (Å²) in [5, 5.41) is 11.7. The average molecular weight is 334 g/mol. The minimum absolute atomic E-state index is 0.0703. The van der Waals surface area contributed by atoms with E-state index in [2.05, 4.69) is 42.9 Å². The summed E-state index contributed by atoms with van der Waals surface area (Å²) in [5.74, 6) is -0.0703. The van der Waals surface area contributed by atoms with Gasteiger partial charge in [0.15, 0.2) is 0 Å². The predicted molar refractivity (Wildman–Crippen MR) is 89.2 cm³/mol. The number of thiophene rings is 1. The number of carbonyl (C=O) groups excluding carboxylic acids is 1. The molecule has 7 heteroatoms. The molecule has 23 heavy (non-hydrogen) atoms. The van der Waals surface area contributed by atoms with Gasteiger partial charge in [0.2, 0.25) is 5.91 Å². The van der Waals surface area contributed by atoms with Crippen LogP contribution in [0.4, 0.5) is 0 Å². The van der Waals surface area contributed by atoms with E-state index in [0.717, 1.165) is 26.1 Å². The monoisotopic (exact) mass is 334 g/mol. The van der Waals surface area contributed by atoms with Crippen molar-refractivity contribution in [1.29, 1.82) is 0 Å². The first-order chi connectivity index (χ1) is 11.3. The molecule has 0 fully saturated rings. The molecule has 1 N–H and O–H groups in total. The third kappa shape index (κ3) is 4.19. The van der Waals surface area contributed by atoms with E-state index < -0.39 is 0 Å². The number of aromatic nitrogens is 2. The normalized spacial score (nSPS) is 17.9. The lowest BCUT2D eigenvalue weighted by Crippen LogP contribution is -2.39. The number of nitrogens with one attached hydrogen (secondary N) is 1. The van der Waals surface area contributed by atoms with Gasteiger partial charge in [0.05, 0.1) is 11.7 Å². The van der Waals surface area contributed by atoms with Crippen molar-refractivity contribution in [3.8, 4) is 0 Å². The number of fused-ring (bicyclic) bond motifs is 1. The molecule has 1 amide bonds. The van der Waals surface area contributed by atoms with Crippen molar-refractivity contribution in [2.75, 3.05) is 26.8 Å². The van der Waals surface area contributed by atoms with Gasteiger partial charge in [-0.2, -0.15) is 16.4 Å². The van der Waals surface area contributed by atoms with Gasteiger partial charge >= 0.3 is 0 Å². The average Bonchev–Trinajstić information content (AvgIpc) is 3.18. The van der Waals surface area contributed by atoms with Crippen LogP contribution in [0.1, 0.15) is 23.7 Å². The van der Waals surface area contributed by atoms with E-state index in [1.807, 2.05) is 6.20 Å². The second kappa shape index (κ2) is 7.72. The van der Waals surface area contributed by atoms with Crippen LogP contribution >= 0.6 is 11.3 Å². The Morgan fingerprint density at radius 3 is 3.22 bits per heavy atom. The number of hydrogen-bond donors (Lipinski definition) is 1. The molecule has 1 atom stereocenters. The highest BCUT2D eigenvalue weighted by Gasteiger charge is 2.25. The first kappa shape index (κ1) is 16.2. The zero-order chi connectivity index (χ0) is 16.1. The van der Waals surface area contributed by atoms with E-state index >= 15 is 0 Å². The fourth-order valence-corrected chi connectivity index (χ4v) is 3.66. The largest absolute Gasteiger partial charge is 0.375 e. The van der Waals surface area contributed by atoms with E-state index in [0.29, 0.717) is 6.54 Å². The zero-order valence-electron chi connectivity index (χ0n) is 13.3. The lowest BCUT2D eigenvalue weighted by atomic mass is 10.1. The Labute approximate surface area is 140 Å². The maximum absolute atomic E-state index is 11.5. The van der Waals surface area contributed by atoms with Crippen LogP contribution in [0.15, 0.2) is 29.1 Å². The Morgan fingerprint density at radius 1 is 1.52 bits per heavy atom. The van der Waals surface area contributed by atoms with Crippen molar-refractivity contribution in [2.45, 2.75) is 25.6 Å². The van der Waals surface area contributed by atoms with Crippen molar-refractivity contribution in [1.82, 2.24) is 20.0 Å². The van der Waals surface area contributed by atoms with Gasteiger partial charge in [0.25, 0.3) is 0 Å². The fourth-order valence-electron chi connectivity index (χ4n) is 3.00. The number of ether oxygens (including phenoxy) is 1. The van der Waals surface area contributed by atoms with Crippen molar-refractivity contribution >= 4 is 17.2 Å². The molecule has 2 aromatic heterocycles. The summed E-state index contributed by atoms with van der Waals surface area (Å²) < 4.78 is 6.93. The molecule has 3 rings (SSSR count). The molecule has 0 radical (unpaired) electrons. The van der Waals surface area contributed by atoms with Crippen molar-refractivity contribution < 1.29 is 9.53 Å². The van der Waals surface area contributed by atoms with Crippen LogP contribution in [0.5, 0.6) is 0 Å². The zero-order valence-corrected chi connectivity index (χ0v) is 14.1. The summed E-state index contributed by atoms with van der Waals surface area (Å²) in [7, 11) is 1.53. The highest BCUT2D eigenvalue weighted by atomic mass is 32.1. The number of methoxy groups -OCH3 is 1. The molecule has 1 aliphatic heterocycles. The van der Waals surface area contributed by atoms with Gasteiger partial charge < -0.3 is 10.1 Å². The third-order valence-corrected chi connectivity index (χ3v) is 4.75. The highest BCUT2D eigenvalue weighted by Crippen LogP contribution is 2.24. The number of carbonyl (C=O) groups is 1. The van der Waals surface area contributed by atoms with Crippen molar-refractivity contribution in [3.05, 3.63) is 40.3 Å². The Bertz CT molecular complexity index is 626. The Hall–Kier alpha value is -1.70. The smallest absolute Gasteiger partial charge is 0.245 e. The number of hydrogen-bond acceptors (Lipinski definition) is 5. The van der Waals surface area contributed by atoms with Gasteiger partial charge in [0.1, 0.15) is 6.61 Å². The van der Waals surface area contributed by atoms with Crippen LogP contribution in [0.2, 0.25) is 0 Å². The van der Waals surface area contributed by atoms with Crippen LogP contribution < -0.4 is 5.32 Å². The summed E-state index contributed by atoms with van der Waals surface area (Å²) in [6, 6.07) is 4.54. The van der Waals surface area contributed by atoms with E-state index in [9.17, 15) is 4.79 Å². The molecule has 1 aliphatic rings. The topological polar surface area (TPSA) is 59.4 Å². The second-order valence-electron chi connectivity index (χ2n) is 5.79. The molecule has 6 nitrogen and oxygen atoms in total. The van der Waals surface area contributed by atoms with Gasteiger partial charge in [-0.1, -0.05) is 0 Å². The molecule has 2 aromatic rings. The Balaban J connectivity index is 1.59. The van der Waals surface area contributed by atoms with Crippen LogP contribution in [0, 0.1) is 0 Å².